The molecule has 0 fully saturated rings. The lowest BCUT2D eigenvalue weighted by Crippen LogP contribution is -2.39. The van der Waals surface area contributed by atoms with E-state index in [4.69, 9.17) is 4.74 Å². The van der Waals surface area contributed by atoms with E-state index in [1.54, 1.807) is 0 Å². The third-order valence-electron chi connectivity index (χ3n) is 7.95. The standard InChI is InChI=1S/C34H30NO2/c1-25-34(22-26-12-4-2-5-13-26,23-27-14-6-3-7-15-27)32-30-18-10-8-16-28(30)29-17-9-11-19-31(29)33(32)35(25)20-21-37-24-36/h2-19,24H,20-23H2,1H3/q+1. The van der Waals surface area contributed by atoms with Crippen LogP contribution < -0.4 is 0 Å². The third-order valence-corrected chi connectivity index (χ3v) is 7.95. The Labute approximate surface area is 217 Å². The average Bonchev–Trinajstić information content (AvgIpc) is 3.18. The predicted octanol–water partition coefficient (Wildman–Crippen LogP) is 7.01. The van der Waals surface area contributed by atoms with E-state index in [0.717, 1.165) is 12.8 Å². The highest BCUT2D eigenvalue weighted by Crippen LogP contribution is 2.51. The van der Waals surface area contributed by atoms with Crippen LogP contribution in [-0.4, -0.2) is 29.9 Å². The monoisotopic (exact) mass is 484 g/mol. The molecule has 0 atom stereocenters. The van der Waals surface area contributed by atoms with Gasteiger partial charge in [-0.15, -0.1) is 0 Å². The molecular formula is C34H30NO2+. The molecule has 182 valence electrons. The van der Waals surface area contributed by atoms with Gasteiger partial charge in [-0.05, 0) is 46.2 Å². The SMILES string of the molecule is CC1=[N+](CCOC=O)c2c(c3ccccc3c3ccccc23)C1(Cc1ccccc1)Cc1ccccc1. The minimum Gasteiger partial charge on any atom is -0.461 e. The number of hydrogen-bond acceptors (Lipinski definition) is 2. The normalized spacial score (nSPS) is 14.2. The number of fused-ring (bicyclic) bond motifs is 6. The summed E-state index contributed by atoms with van der Waals surface area (Å²) in [5, 5.41) is 5.06. The van der Waals surface area contributed by atoms with E-state index in [1.807, 2.05) is 0 Å². The van der Waals surface area contributed by atoms with Crippen molar-refractivity contribution in [1.29, 1.82) is 0 Å². The Bertz CT molecular complexity index is 1580. The van der Waals surface area contributed by atoms with Gasteiger partial charge in [-0.3, -0.25) is 4.79 Å². The first-order valence-corrected chi connectivity index (χ1v) is 12.9. The fourth-order valence-corrected chi connectivity index (χ4v) is 6.35. The predicted molar refractivity (Wildman–Crippen MR) is 151 cm³/mol. The van der Waals surface area contributed by atoms with Crippen LogP contribution in [0.5, 0.6) is 0 Å². The highest BCUT2D eigenvalue weighted by Gasteiger charge is 2.52. The zero-order valence-electron chi connectivity index (χ0n) is 21.1. The summed E-state index contributed by atoms with van der Waals surface area (Å²) in [6.07, 6.45) is 1.77. The summed E-state index contributed by atoms with van der Waals surface area (Å²) in [4.78, 5) is 11.1. The summed E-state index contributed by atoms with van der Waals surface area (Å²) in [6, 6.07) is 39.2. The van der Waals surface area contributed by atoms with Crippen LogP contribution in [0.15, 0.2) is 109 Å². The molecule has 6 rings (SSSR count). The maximum atomic E-state index is 11.1. The van der Waals surface area contributed by atoms with Crippen LogP contribution in [0, 0.1) is 0 Å². The van der Waals surface area contributed by atoms with E-state index >= 15 is 0 Å². The van der Waals surface area contributed by atoms with Crippen molar-refractivity contribution in [3.8, 4) is 0 Å². The number of nitrogens with zero attached hydrogens (tertiary/aromatic N) is 1. The number of rotatable bonds is 8. The molecule has 0 unspecified atom stereocenters. The Morgan fingerprint density at radius 2 is 1.16 bits per heavy atom. The summed E-state index contributed by atoms with van der Waals surface area (Å²) < 4.78 is 7.64. The lowest BCUT2D eigenvalue weighted by molar-refractivity contribution is -0.440. The second kappa shape index (κ2) is 9.67. The molecule has 0 aliphatic carbocycles. The molecule has 0 aromatic heterocycles. The summed E-state index contributed by atoms with van der Waals surface area (Å²) in [7, 11) is 0. The Morgan fingerprint density at radius 1 is 0.676 bits per heavy atom. The van der Waals surface area contributed by atoms with Crippen molar-refractivity contribution in [2.45, 2.75) is 25.2 Å². The van der Waals surface area contributed by atoms with E-state index in [9.17, 15) is 4.79 Å². The number of benzene rings is 5. The lowest BCUT2D eigenvalue weighted by Gasteiger charge is -2.29. The topological polar surface area (TPSA) is 29.3 Å². The van der Waals surface area contributed by atoms with Gasteiger partial charge in [-0.2, -0.15) is 4.58 Å². The Hall–Kier alpha value is -4.24. The summed E-state index contributed by atoms with van der Waals surface area (Å²) in [5.41, 5.74) is 6.28. The minimum absolute atomic E-state index is 0.261. The molecule has 0 bridgehead atoms. The molecule has 1 aliphatic heterocycles. The van der Waals surface area contributed by atoms with Gasteiger partial charge in [-0.1, -0.05) is 103 Å². The van der Waals surface area contributed by atoms with Crippen LogP contribution in [0.25, 0.3) is 21.5 Å². The van der Waals surface area contributed by atoms with Crippen LogP contribution in [0.4, 0.5) is 5.69 Å². The van der Waals surface area contributed by atoms with Crippen molar-refractivity contribution in [3.05, 3.63) is 126 Å². The Morgan fingerprint density at radius 3 is 1.73 bits per heavy atom. The van der Waals surface area contributed by atoms with Gasteiger partial charge in [0.05, 0.1) is 10.8 Å². The molecular weight excluding hydrogens is 454 g/mol. The first kappa shape index (κ1) is 23.2. The summed E-state index contributed by atoms with van der Waals surface area (Å²) in [6.45, 7) is 3.78. The van der Waals surface area contributed by atoms with Gasteiger partial charge in [0.1, 0.15) is 6.61 Å². The lowest BCUT2D eigenvalue weighted by atomic mass is 9.68. The van der Waals surface area contributed by atoms with Crippen molar-refractivity contribution in [3.63, 3.8) is 0 Å². The molecule has 3 heteroatoms. The van der Waals surface area contributed by atoms with Crippen molar-refractivity contribution in [2.75, 3.05) is 13.2 Å². The molecule has 0 N–H and O–H groups in total. The molecule has 0 saturated carbocycles. The van der Waals surface area contributed by atoms with Crippen LogP contribution in [0.1, 0.15) is 23.6 Å². The largest absolute Gasteiger partial charge is 0.461 e. The molecule has 0 radical (unpaired) electrons. The van der Waals surface area contributed by atoms with Gasteiger partial charge in [-0.25, -0.2) is 0 Å². The van der Waals surface area contributed by atoms with Gasteiger partial charge in [0.25, 0.3) is 6.47 Å². The highest BCUT2D eigenvalue weighted by atomic mass is 16.5. The second-order valence-corrected chi connectivity index (χ2v) is 9.93. The molecule has 0 amide bonds. The number of carbonyl (C=O) groups excluding carboxylic acids is 1. The Balaban J connectivity index is 1.71. The van der Waals surface area contributed by atoms with Gasteiger partial charge in [0, 0.05) is 12.5 Å². The average molecular weight is 485 g/mol. The maximum Gasteiger partial charge on any atom is 0.293 e. The van der Waals surface area contributed by atoms with Crippen LogP contribution in [0.3, 0.4) is 0 Å². The van der Waals surface area contributed by atoms with Crippen molar-refractivity contribution < 1.29 is 14.1 Å². The van der Waals surface area contributed by atoms with Crippen molar-refractivity contribution >= 4 is 39.4 Å². The van der Waals surface area contributed by atoms with Crippen LogP contribution in [0.2, 0.25) is 0 Å². The third kappa shape index (κ3) is 3.92. The number of carbonyl (C=O) groups is 1. The fourth-order valence-electron chi connectivity index (χ4n) is 6.35. The molecule has 5 aromatic rings. The minimum atomic E-state index is -0.261. The van der Waals surface area contributed by atoms with Gasteiger partial charge in [0.2, 0.25) is 5.69 Å². The van der Waals surface area contributed by atoms with E-state index in [2.05, 4.69) is 121 Å². The zero-order chi connectivity index (χ0) is 25.2. The first-order valence-electron chi connectivity index (χ1n) is 12.9. The summed E-state index contributed by atoms with van der Waals surface area (Å²) >= 11 is 0. The molecule has 37 heavy (non-hydrogen) atoms. The second-order valence-electron chi connectivity index (χ2n) is 9.93. The summed E-state index contributed by atoms with van der Waals surface area (Å²) in [5.74, 6) is 0. The zero-order valence-corrected chi connectivity index (χ0v) is 21.1. The van der Waals surface area contributed by atoms with Gasteiger partial charge < -0.3 is 4.74 Å². The number of ether oxygens (including phenoxy) is 1. The quantitative estimate of drug-likeness (QED) is 0.103. The molecule has 1 heterocycles. The molecule has 3 nitrogen and oxygen atoms in total. The Kier molecular flexibility index (Phi) is 6.05. The van der Waals surface area contributed by atoms with E-state index in [0.29, 0.717) is 19.6 Å². The van der Waals surface area contributed by atoms with E-state index in [1.165, 1.54) is 49.6 Å². The first-order chi connectivity index (χ1) is 18.2. The smallest absolute Gasteiger partial charge is 0.293 e. The highest BCUT2D eigenvalue weighted by molar-refractivity contribution is 6.17. The molecule has 0 spiro atoms. The van der Waals surface area contributed by atoms with Crippen LogP contribution >= 0.6 is 0 Å². The van der Waals surface area contributed by atoms with Gasteiger partial charge in [0.15, 0.2) is 12.3 Å². The van der Waals surface area contributed by atoms with E-state index < -0.39 is 0 Å². The van der Waals surface area contributed by atoms with Crippen molar-refractivity contribution in [1.82, 2.24) is 0 Å². The van der Waals surface area contributed by atoms with Crippen molar-refractivity contribution in [2.24, 2.45) is 0 Å². The molecule has 0 saturated heterocycles. The fraction of sp³-hybridized carbons (Fsp3) is 0.176. The maximum absolute atomic E-state index is 11.1. The van der Waals surface area contributed by atoms with Gasteiger partial charge >= 0.3 is 0 Å². The van der Waals surface area contributed by atoms with Crippen LogP contribution in [-0.2, 0) is 27.8 Å². The number of hydrogen-bond donors (Lipinski definition) is 0. The van der Waals surface area contributed by atoms with E-state index in [-0.39, 0.29) is 5.41 Å². The molecule has 1 aliphatic rings. The molecule has 5 aromatic carbocycles.